The highest BCUT2D eigenvalue weighted by Gasteiger charge is 2.33. The Hall–Kier alpha value is -4.05. The quantitative estimate of drug-likeness (QED) is 0.358. The highest BCUT2D eigenvalue weighted by molar-refractivity contribution is 6.31. The number of hydrogen-bond acceptors (Lipinski definition) is 5. The molecule has 2 aromatic carbocycles. The van der Waals surface area contributed by atoms with Crippen molar-refractivity contribution in [2.45, 2.75) is 26.5 Å². The Kier molecular flexibility index (Phi) is 6.75. The molecule has 3 heterocycles. The van der Waals surface area contributed by atoms with Crippen LogP contribution >= 0.6 is 11.6 Å². The minimum atomic E-state index is -0.624. The summed E-state index contributed by atoms with van der Waals surface area (Å²) < 4.78 is 35.7. The monoisotopic (exact) mass is 539 g/mol. The number of likely N-dealkylation sites (N-methyl/N-ethyl adjacent to an activating group) is 1. The van der Waals surface area contributed by atoms with Gasteiger partial charge in [0.2, 0.25) is 11.8 Å². The molecule has 11 heteroatoms. The van der Waals surface area contributed by atoms with Crippen LogP contribution < -0.4 is 4.74 Å². The molecule has 2 aromatic heterocycles. The Balaban J connectivity index is 1.50. The zero-order valence-corrected chi connectivity index (χ0v) is 21.7. The van der Waals surface area contributed by atoms with Crippen LogP contribution in [-0.2, 0) is 16.2 Å². The van der Waals surface area contributed by atoms with Crippen molar-refractivity contribution >= 4 is 34.3 Å². The van der Waals surface area contributed by atoms with E-state index in [0.717, 1.165) is 6.20 Å². The minimum Gasteiger partial charge on any atom is -0.487 e. The second-order valence-electron chi connectivity index (χ2n) is 9.23. The van der Waals surface area contributed by atoms with Crippen LogP contribution in [0.15, 0.2) is 48.8 Å². The van der Waals surface area contributed by atoms with Crippen LogP contribution in [-0.4, -0.2) is 56.5 Å². The molecule has 8 nitrogen and oxygen atoms in total. The highest BCUT2D eigenvalue weighted by Crippen LogP contribution is 2.34. The van der Waals surface area contributed by atoms with Gasteiger partial charge in [-0.2, -0.15) is 5.10 Å². The van der Waals surface area contributed by atoms with E-state index in [2.05, 4.69) is 10.1 Å². The van der Waals surface area contributed by atoms with Gasteiger partial charge in [-0.05, 0) is 43.7 Å². The van der Waals surface area contributed by atoms with Gasteiger partial charge in [-0.1, -0.05) is 23.7 Å². The first-order valence-corrected chi connectivity index (χ1v) is 12.2. The van der Waals surface area contributed by atoms with Crippen molar-refractivity contribution in [3.05, 3.63) is 82.3 Å². The maximum atomic E-state index is 14.4. The first-order valence-electron chi connectivity index (χ1n) is 11.9. The average molecular weight is 540 g/mol. The molecule has 0 bridgehead atoms. The number of pyridine rings is 1. The first kappa shape index (κ1) is 25.6. The Morgan fingerprint density at radius 1 is 1.11 bits per heavy atom. The third-order valence-electron chi connectivity index (χ3n) is 6.62. The van der Waals surface area contributed by atoms with Gasteiger partial charge in [0.05, 0.1) is 35.7 Å². The average Bonchev–Trinajstić information content (AvgIpc) is 3.30. The number of amides is 2. The second-order valence-corrected chi connectivity index (χ2v) is 9.64. The molecule has 1 saturated heterocycles. The Morgan fingerprint density at radius 3 is 2.63 bits per heavy atom. The largest absolute Gasteiger partial charge is 0.487 e. The molecule has 0 radical (unpaired) electrons. The lowest BCUT2D eigenvalue weighted by Gasteiger charge is -2.36. The smallest absolute Gasteiger partial charge is 0.243 e. The molecule has 4 aromatic rings. The Labute approximate surface area is 222 Å². The molecule has 196 valence electrons. The number of piperazine rings is 1. The standard InChI is InChI=1S/C27H24ClF2N5O3/c1-15-7-23(35-11-18(30)10-31-35)19-5-4-6-24(27(19)32-15)38-14-21-20(8-17(29)9-22(21)28)16(2)34-13-25(36)33(3)12-26(34)37/h4-11,16H,12-14H2,1-3H3/t16-/m0/s1. The van der Waals surface area contributed by atoms with E-state index in [1.54, 1.807) is 32.2 Å². The fraction of sp³-hybridized carbons (Fsp3) is 0.259. The fourth-order valence-corrected chi connectivity index (χ4v) is 4.89. The van der Waals surface area contributed by atoms with Gasteiger partial charge in [-0.25, -0.2) is 18.4 Å². The summed E-state index contributed by atoms with van der Waals surface area (Å²) in [5.74, 6) is -1.05. The van der Waals surface area contributed by atoms with Gasteiger partial charge in [0, 0.05) is 23.7 Å². The molecule has 0 unspecified atom stereocenters. The van der Waals surface area contributed by atoms with Crippen molar-refractivity contribution in [1.82, 2.24) is 24.6 Å². The SMILES string of the molecule is Cc1cc(-n2cc(F)cn2)c2cccc(OCc3c(Cl)cc(F)cc3[C@H](C)N3CC(=O)N(C)CC3=O)c2n1. The summed E-state index contributed by atoms with van der Waals surface area (Å²) in [6, 6.07) is 9.01. The number of rotatable bonds is 6. The van der Waals surface area contributed by atoms with Crippen molar-refractivity contribution in [3.8, 4) is 11.4 Å². The Bertz CT molecular complexity index is 1570. The number of carbonyl (C=O) groups excluding carboxylic acids is 2. The summed E-state index contributed by atoms with van der Waals surface area (Å²) in [4.78, 5) is 32.4. The van der Waals surface area contributed by atoms with Gasteiger partial charge < -0.3 is 14.5 Å². The van der Waals surface area contributed by atoms with E-state index in [9.17, 15) is 18.4 Å². The van der Waals surface area contributed by atoms with E-state index >= 15 is 0 Å². The second kappa shape index (κ2) is 10.0. The van der Waals surface area contributed by atoms with Gasteiger partial charge in [-0.15, -0.1) is 0 Å². The van der Waals surface area contributed by atoms with E-state index in [4.69, 9.17) is 16.3 Å². The van der Waals surface area contributed by atoms with Gasteiger partial charge in [0.25, 0.3) is 0 Å². The lowest BCUT2D eigenvalue weighted by atomic mass is 9.99. The molecule has 5 rings (SSSR count). The molecule has 0 saturated carbocycles. The molecular weight excluding hydrogens is 516 g/mol. The molecule has 1 aliphatic heterocycles. The van der Waals surface area contributed by atoms with Crippen molar-refractivity contribution < 1.29 is 23.1 Å². The van der Waals surface area contributed by atoms with Crippen LogP contribution in [0.5, 0.6) is 5.75 Å². The molecule has 38 heavy (non-hydrogen) atoms. The summed E-state index contributed by atoms with van der Waals surface area (Å²) in [6.07, 6.45) is 2.40. The van der Waals surface area contributed by atoms with Gasteiger partial charge >= 0.3 is 0 Å². The van der Waals surface area contributed by atoms with E-state index in [0.29, 0.717) is 39.2 Å². The summed E-state index contributed by atoms with van der Waals surface area (Å²) in [7, 11) is 1.56. The first-order chi connectivity index (χ1) is 18.1. The lowest BCUT2D eigenvalue weighted by molar-refractivity contribution is -0.150. The number of aromatic nitrogens is 3. The maximum absolute atomic E-state index is 14.4. The number of ether oxygens (including phenoxy) is 1. The number of fused-ring (bicyclic) bond motifs is 1. The molecule has 1 atom stereocenters. The maximum Gasteiger partial charge on any atom is 0.243 e. The van der Waals surface area contributed by atoms with Crippen LogP contribution in [0.4, 0.5) is 8.78 Å². The van der Waals surface area contributed by atoms with Crippen molar-refractivity contribution in [2.24, 2.45) is 0 Å². The molecule has 0 N–H and O–H groups in total. The van der Waals surface area contributed by atoms with Gasteiger partial charge in [-0.3, -0.25) is 9.59 Å². The normalized spacial score (nSPS) is 14.9. The number of para-hydroxylation sites is 1. The fourth-order valence-electron chi connectivity index (χ4n) is 4.62. The summed E-state index contributed by atoms with van der Waals surface area (Å²) >= 11 is 6.46. The van der Waals surface area contributed by atoms with Crippen LogP contribution in [0.2, 0.25) is 5.02 Å². The van der Waals surface area contributed by atoms with Crippen molar-refractivity contribution in [2.75, 3.05) is 20.1 Å². The number of hydrogen-bond donors (Lipinski definition) is 0. The topological polar surface area (TPSA) is 80.6 Å². The lowest BCUT2D eigenvalue weighted by Crippen LogP contribution is -2.52. The number of aryl methyl sites for hydroxylation is 1. The third-order valence-corrected chi connectivity index (χ3v) is 6.95. The van der Waals surface area contributed by atoms with E-state index in [1.807, 2.05) is 13.0 Å². The van der Waals surface area contributed by atoms with Crippen molar-refractivity contribution in [3.63, 3.8) is 0 Å². The van der Waals surface area contributed by atoms with E-state index < -0.39 is 17.7 Å². The zero-order chi connectivity index (χ0) is 27.1. The van der Waals surface area contributed by atoms with Crippen molar-refractivity contribution in [1.29, 1.82) is 0 Å². The molecular formula is C27H24ClF2N5O3. The molecule has 1 aliphatic rings. The highest BCUT2D eigenvalue weighted by atomic mass is 35.5. The summed E-state index contributed by atoms with van der Waals surface area (Å²) in [5.41, 5.74) is 2.77. The number of nitrogens with zero attached hydrogens (tertiary/aromatic N) is 5. The number of halogens is 3. The number of carbonyl (C=O) groups is 2. The summed E-state index contributed by atoms with van der Waals surface area (Å²) in [6.45, 7) is 3.32. The zero-order valence-electron chi connectivity index (χ0n) is 20.9. The number of benzene rings is 2. The van der Waals surface area contributed by atoms with Gasteiger partial charge in [0.1, 0.15) is 30.2 Å². The van der Waals surface area contributed by atoms with Crippen LogP contribution in [0.3, 0.4) is 0 Å². The molecule has 0 spiro atoms. The third kappa shape index (κ3) is 4.79. The van der Waals surface area contributed by atoms with Crippen LogP contribution in [0, 0.1) is 18.6 Å². The predicted octanol–water partition coefficient (Wildman–Crippen LogP) is 4.60. The molecule has 0 aliphatic carbocycles. The van der Waals surface area contributed by atoms with Crippen LogP contribution in [0.1, 0.15) is 29.8 Å². The predicted molar refractivity (Wildman–Crippen MR) is 137 cm³/mol. The van der Waals surface area contributed by atoms with Gasteiger partial charge in [0.15, 0.2) is 5.82 Å². The Morgan fingerprint density at radius 2 is 1.89 bits per heavy atom. The molecule has 2 amide bonds. The minimum absolute atomic E-state index is 0.0465. The van der Waals surface area contributed by atoms with E-state index in [1.165, 1.54) is 32.8 Å². The molecule has 1 fully saturated rings. The van der Waals surface area contributed by atoms with Crippen LogP contribution in [0.25, 0.3) is 16.6 Å². The summed E-state index contributed by atoms with van der Waals surface area (Å²) in [5, 5.41) is 4.90. The van der Waals surface area contributed by atoms with E-state index in [-0.39, 0.29) is 36.5 Å².